The minimum Gasteiger partial charge on any atom is -0.359 e. The lowest BCUT2D eigenvalue weighted by Gasteiger charge is -2.37. The van der Waals surface area contributed by atoms with Crippen LogP contribution in [0.5, 0.6) is 0 Å². The highest BCUT2D eigenvalue weighted by atomic mass is 35.5. The number of nitrogens with two attached hydrogens (primary N) is 1. The van der Waals surface area contributed by atoms with Crippen LogP contribution >= 0.6 is 11.6 Å². The maximum Gasteiger partial charge on any atom is 0.224 e. The molecule has 2 unspecified atom stereocenters. The van der Waals surface area contributed by atoms with Gasteiger partial charge < -0.3 is 11.1 Å². The first-order chi connectivity index (χ1) is 9.67. The Balaban J connectivity index is 2.15. The molecule has 110 valence electrons. The zero-order chi connectivity index (χ0) is 14.5. The Bertz CT molecular complexity index is 466. The second-order valence-electron chi connectivity index (χ2n) is 5.22. The maximum atomic E-state index is 11.8. The fourth-order valence-corrected chi connectivity index (χ4v) is 3.19. The summed E-state index contributed by atoms with van der Waals surface area (Å²) in [6.07, 6.45) is 1.95. The minimum absolute atomic E-state index is 0.0466. The summed E-state index contributed by atoms with van der Waals surface area (Å²) < 4.78 is 0. The average Bonchev–Trinajstić information content (AvgIpc) is 2.49. The molecule has 1 amide bonds. The van der Waals surface area contributed by atoms with E-state index in [1.165, 1.54) is 0 Å². The molecule has 2 atom stereocenters. The summed E-state index contributed by atoms with van der Waals surface area (Å²) in [7, 11) is 1.69. The molecular weight excluding hydrogens is 274 g/mol. The van der Waals surface area contributed by atoms with Gasteiger partial charge in [0.05, 0.1) is 5.92 Å². The zero-order valence-corrected chi connectivity index (χ0v) is 12.6. The first-order valence-corrected chi connectivity index (χ1v) is 7.45. The molecule has 0 aliphatic carbocycles. The van der Waals surface area contributed by atoms with Crippen molar-refractivity contribution in [1.82, 2.24) is 10.2 Å². The normalized spacial score (nSPS) is 21.4. The van der Waals surface area contributed by atoms with Crippen molar-refractivity contribution in [1.29, 1.82) is 0 Å². The van der Waals surface area contributed by atoms with E-state index < -0.39 is 0 Å². The third-order valence-electron chi connectivity index (χ3n) is 4.00. The van der Waals surface area contributed by atoms with E-state index in [0.29, 0.717) is 6.54 Å². The fourth-order valence-electron chi connectivity index (χ4n) is 2.93. The molecule has 0 saturated carbocycles. The Labute approximate surface area is 125 Å². The number of halogens is 1. The van der Waals surface area contributed by atoms with Crippen LogP contribution in [0.1, 0.15) is 24.4 Å². The predicted octanol–water partition coefficient (Wildman–Crippen LogP) is 1.80. The van der Waals surface area contributed by atoms with Gasteiger partial charge in [-0.3, -0.25) is 9.69 Å². The number of carbonyl (C=O) groups is 1. The second-order valence-corrected chi connectivity index (χ2v) is 5.63. The number of piperidine rings is 1. The summed E-state index contributed by atoms with van der Waals surface area (Å²) in [5.74, 6) is 0.162. The largest absolute Gasteiger partial charge is 0.359 e. The summed E-state index contributed by atoms with van der Waals surface area (Å²) in [4.78, 5) is 14.1. The van der Waals surface area contributed by atoms with Crippen LogP contribution in [0, 0.1) is 5.92 Å². The maximum absolute atomic E-state index is 11.8. The van der Waals surface area contributed by atoms with Gasteiger partial charge in [-0.1, -0.05) is 29.8 Å². The lowest BCUT2D eigenvalue weighted by Crippen LogP contribution is -2.45. The number of carbonyl (C=O) groups excluding carboxylic acids is 1. The summed E-state index contributed by atoms with van der Waals surface area (Å²) in [6.45, 7) is 2.21. The van der Waals surface area contributed by atoms with E-state index in [9.17, 15) is 4.79 Å². The van der Waals surface area contributed by atoms with E-state index in [-0.39, 0.29) is 17.9 Å². The van der Waals surface area contributed by atoms with Crippen LogP contribution < -0.4 is 11.1 Å². The number of rotatable bonds is 4. The highest BCUT2D eigenvalue weighted by molar-refractivity contribution is 6.31. The third-order valence-corrected chi connectivity index (χ3v) is 4.34. The average molecular weight is 296 g/mol. The quantitative estimate of drug-likeness (QED) is 0.890. The SMILES string of the molecule is CNC(=O)C1CCCN(C(CN)c2ccccc2Cl)C1. The van der Waals surface area contributed by atoms with Gasteiger partial charge in [0.25, 0.3) is 0 Å². The van der Waals surface area contributed by atoms with Gasteiger partial charge in [-0.25, -0.2) is 0 Å². The fraction of sp³-hybridized carbons (Fsp3) is 0.533. The summed E-state index contributed by atoms with van der Waals surface area (Å²) in [5, 5.41) is 3.48. The standard InChI is InChI=1S/C15H22ClN3O/c1-18-15(20)11-5-4-8-19(10-11)14(9-17)12-6-2-3-7-13(12)16/h2-3,6-7,11,14H,4-5,8-10,17H2,1H3,(H,18,20). The van der Waals surface area contributed by atoms with Gasteiger partial charge in [0, 0.05) is 31.2 Å². The van der Waals surface area contributed by atoms with Gasteiger partial charge in [0.1, 0.15) is 0 Å². The minimum atomic E-state index is 0.0466. The Morgan fingerprint density at radius 2 is 2.30 bits per heavy atom. The number of nitrogens with zero attached hydrogens (tertiary/aromatic N) is 1. The number of hydrogen-bond acceptors (Lipinski definition) is 3. The van der Waals surface area contributed by atoms with Crippen molar-refractivity contribution in [3.8, 4) is 0 Å². The number of likely N-dealkylation sites (tertiary alicyclic amines) is 1. The van der Waals surface area contributed by atoms with Gasteiger partial charge in [-0.2, -0.15) is 0 Å². The van der Waals surface area contributed by atoms with Crippen molar-refractivity contribution in [2.75, 3.05) is 26.7 Å². The van der Waals surface area contributed by atoms with Gasteiger partial charge in [0.2, 0.25) is 5.91 Å². The van der Waals surface area contributed by atoms with Crippen LogP contribution in [-0.2, 0) is 4.79 Å². The zero-order valence-electron chi connectivity index (χ0n) is 11.8. The summed E-state index contributed by atoms with van der Waals surface area (Å²) in [6, 6.07) is 7.88. The number of amides is 1. The number of benzene rings is 1. The number of nitrogens with one attached hydrogen (secondary N) is 1. The van der Waals surface area contributed by atoms with Gasteiger partial charge in [0.15, 0.2) is 0 Å². The van der Waals surface area contributed by atoms with Gasteiger partial charge in [-0.05, 0) is 31.0 Å². The first-order valence-electron chi connectivity index (χ1n) is 7.07. The molecule has 1 aromatic carbocycles. The molecule has 0 radical (unpaired) electrons. The van der Waals surface area contributed by atoms with Crippen LogP contribution in [0.15, 0.2) is 24.3 Å². The smallest absolute Gasteiger partial charge is 0.224 e. The molecular formula is C15H22ClN3O. The van der Waals surface area contributed by atoms with Gasteiger partial charge in [-0.15, -0.1) is 0 Å². The Kier molecular flexibility index (Phi) is 5.40. The molecule has 1 saturated heterocycles. The van der Waals surface area contributed by atoms with Crippen molar-refractivity contribution in [2.24, 2.45) is 11.7 Å². The van der Waals surface area contributed by atoms with Crippen LogP contribution in [0.4, 0.5) is 0 Å². The Morgan fingerprint density at radius 3 is 2.95 bits per heavy atom. The van der Waals surface area contributed by atoms with Crippen molar-refractivity contribution in [3.05, 3.63) is 34.9 Å². The van der Waals surface area contributed by atoms with Crippen molar-refractivity contribution in [3.63, 3.8) is 0 Å². The van der Waals surface area contributed by atoms with Crippen LogP contribution in [0.25, 0.3) is 0 Å². The second kappa shape index (κ2) is 7.07. The molecule has 1 aliphatic heterocycles. The van der Waals surface area contributed by atoms with E-state index >= 15 is 0 Å². The van der Waals surface area contributed by atoms with E-state index in [1.54, 1.807) is 7.05 Å². The van der Waals surface area contributed by atoms with E-state index in [2.05, 4.69) is 10.2 Å². The topological polar surface area (TPSA) is 58.4 Å². The molecule has 1 fully saturated rings. The van der Waals surface area contributed by atoms with E-state index in [0.717, 1.165) is 36.5 Å². The highest BCUT2D eigenvalue weighted by Crippen LogP contribution is 2.30. The predicted molar refractivity (Wildman–Crippen MR) is 81.6 cm³/mol. The molecule has 1 heterocycles. The Hall–Kier alpha value is -1.10. The van der Waals surface area contributed by atoms with Crippen molar-refractivity contribution in [2.45, 2.75) is 18.9 Å². The molecule has 20 heavy (non-hydrogen) atoms. The highest BCUT2D eigenvalue weighted by Gasteiger charge is 2.30. The molecule has 0 aromatic heterocycles. The first kappa shape index (κ1) is 15.3. The molecule has 3 N–H and O–H groups in total. The molecule has 2 rings (SSSR count). The molecule has 0 bridgehead atoms. The number of hydrogen-bond donors (Lipinski definition) is 2. The molecule has 4 nitrogen and oxygen atoms in total. The summed E-state index contributed by atoms with van der Waals surface area (Å²) >= 11 is 6.28. The van der Waals surface area contributed by atoms with E-state index in [4.69, 9.17) is 17.3 Å². The van der Waals surface area contributed by atoms with E-state index in [1.807, 2.05) is 24.3 Å². The van der Waals surface area contributed by atoms with Crippen LogP contribution in [-0.4, -0.2) is 37.5 Å². The summed E-state index contributed by atoms with van der Waals surface area (Å²) in [5.41, 5.74) is 7.01. The van der Waals surface area contributed by atoms with Crippen molar-refractivity contribution < 1.29 is 4.79 Å². The lowest BCUT2D eigenvalue weighted by atomic mass is 9.94. The molecule has 0 spiro atoms. The molecule has 1 aliphatic rings. The molecule has 5 heteroatoms. The third kappa shape index (κ3) is 3.32. The van der Waals surface area contributed by atoms with Gasteiger partial charge >= 0.3 is 0 Å². The van der Waals surface area contributed by atoms with Crippen LogP contribution in [0.3, 0.4) is 0 Å². The lowest BCUT2D eigenvalue weighted by molar-refractivity contribution is -0.126. The molecule has 1 aromatic rings. The van der Waals surface area contributed by atoms with Crippen LogP contribution in [0.2, 0.25) is 5.02 Å². The monoisotopic (exact) mass is 295 g/mol. The van der Waals surface area contributed by atoms with Crippen molar-refractivity contribution >= 4 is 17.5 Å². The Morgan fingerprint density at radius 1 is 1.55 bits per heavy atom.